The van der Waals surface area contributed by atoms with Gasteiger partial charge >= 0.3 is 0 Å². The Kier molecular flexibility index (Phi) is 7.13. The fourth-order valence-electron chi connectivity index (χ4n) is 4.37. The van der Waals surface area contributed by atoms with E-state index in [9.17, 15) is 4.79 Å². The molecule has 192 valence electrons. The maximum Gasteiger partial charge on any atom is 0.169 e. The van der Waals surface area contributed by atoms with E-state index in [0.717, 1.165) is 41.1 Å². The standard InChI is InChI=1S/C29H29N7OS/c1-4-17-8-18(12-32-5-2)10-19(9-17)20-11-21(28(31)34-13-20)26(30)29-35-23-15-33-14-22(27(23)36-29)25-7-6-24(38-25)16(3)37/h6-11,13-15,30,32H,4-5,12H2,1-3H3,(H2,31,34)(H,35,36). The third-order valence-electron chi connectivity index (χ3n) is 6.41. The number of H-pyrrole nitrogens is 1. The zero-order chi connectivity index (χ0) is 26.8. The van der Waals surface area contributed by atoms with Crippen LogP contribution in [-0.2, 0) is 13.0 Å². The molecule has 9 heteroatoms. The minimum Gasteiger partial charge on any atom is -0.383 e. The van der Waals surface area contributed by atoms with E-state index in [1.165, 1.54) is 22.5 Å². The molecular weight excluding hydrogens is 494 g/mol. The van der Waals surface area contributed by atoms with Crippen molar-refractivity contribution in [3.8, 4) is 21.6 Å². The zero-order valence-electron chi connectivity index (χ0n) is 21.6. The molecule has 5 N–H and O–H groups in total. The number of benzene rings is 1. The minimum atomic E-state index is 0.0203. The van der Waals surface area contributed by atoms with E-state index in [2.05, 4.69) is 52.3 Å². The van der Waals surface area contributed by atoms with Crippen molar-refractivity contribution in [1.82, 2.24) is 25.3 Å². The molecule has 0 spiro atoms. The topological polar surface area (TPSA) is 133 Å². The maximum atomic E-state index is 11.8. The van der Waals surface area contributed by atoms with Crippen LogP contribution in [0.15, 0.2) is 55.0 Å². The van der Waals surface area contributed by atoms with Crippen molar-refractivity contribution in [3.05, 3.63) is 82.4 Å². The van der Waals surface area contributed by atoms with Gasteiger partial charge < -0.3 is 16.0 Å². The van der Waals surface area contributed by atoms with Crippen LogP contribution in [0, 0.1) is 5.41 Å². The smallest absolute Gasteiger partial charge is 0.169 e. The number of nitrogens with one attached hydrogen (secondary N) is 3. The van der Waals surface area contributed by atoms with Crippen LogP contribution < -0.4 is 11.1 Å². The predicted molar refractivity (Wildman–Crippen MR) is 154 cm³/mol. The van der Waals surface area contributed by atoms with E-state index in [-0.39, 0.29) is 17.3 Å². The number of nitrogen functional groups attached to an aromatic ring is 1. The van der Waals surface area contributed by atoms with Crippen molar-refractivity contribution in [3.63, 3.8) is 0 Å². The third-order valence-corrected chi connectivity index (χ3v) is 7.63. The van der Waals surface area contributed by atoms with Crippen molar-refractivity contribution < 1.29 is 4.79 Å². The fraction of sp³-hybridized carbons (Fsp3) is 0.207. The third kappa shape index (κ3) is 4.98. The summed E-state index contributed by atoms with van der Waals surface area (Å²) in [7, 11) is 0. The molecule has 0 radical (unpaired) electrons. The highest BCUT2D eigenvalue weighted by atomic mass is 32.1. The first-order valence-electron chi connectivity index (χ1n) is 12.5. The van der Waals surface area contributed by atoms with Crippen molar-refractivity contribution in [2.24, 2.45) is 0 Å². The number of thiophene rings is 1. The van der Waals surface area contributed by atoms with E-state index in [4.69, 9.17) is 16.1 Å². The van der Waals surface area contributed by atoms with Gasteiger partial charge in [0.1, 0.15) is 17.0 Å². The molecule has 1 aromatic carbocycles. The number of rotatable bonds is 9. The van der Waals surface area contributed by atoms with Gasteiger partial charge in [-0.25, -0.2) is 9.97 Å². The molecular formula is C29H29N7OS. The number of carbonyl (C=O) groups excluding carboxylic acids is 1. The molecule has 0 amide bonds. The Bertz CT molecular complexity index is 1670. The summed E-state index contributed by atoms with van der Waals surface area (Å²) >= 11 is 1.40. The number of aryl methyl sites for hydroxylation is 1. The normalized spacial score (nSPS) is 11.2. The van der Waals surface area contributed by atoms with Crippen LogP contribution in [0.3, 0.4) is 0 Å². The highest BCUT2D eigenvalue weighted by Gasteiger charge is 2.18. The van der Waals surface area contributed by atoms with Crippen molar-refractivity contribution in [2.75, 3.05) is 12.3 Å². The molecule has 4 heterocycles. The fourth-order valence-corrected chi connectivity index (χ4v) is 5.28. The number of aromatic nitrogens is 4. The maximum absolute atomic E-state index is 11.8. The molecule has 4 aromatic heterocycles. The van der Waals surface area contributed by atoms with Crippen LogP contribution >= 0.6 is 11.3 Å². The van der Waals surface area contributed by atoms with Crippen molar-refractivity contribution >= 4 is 39.7 Å². The van der Waals surface area contributed by atoms with Gasteiger partial charge in [-0.1, -0.05) is 26.0 Å². The Morgan fingerprint density at radius 3 is 2.63 bits per heavy atom. The molecule has 0 aliphatic carbocycles. The molecule has 0 aliphatic rings. The van der Waals surface area contributed by atoms with Crippen molar-refractivity contribution in [1.29, 1.82) is 5.41 Å². The summed E-state index contributed by atoms with van der Waals surface area (Å²) in [5.41, 5.74) is 13.5. The Hall–Kier alpha value is -4.21. The molecule has 5 rings (SSSR count). The van der Waals surface area contributed by atoms with Crippen LogP contribution in [0.2, 0.25) is 0 Å². The first kappa shape index (κ1) is 25.4. The molecule has 0 aliphatic heterocycles. The van der Waals surface area contributed by atoms with Crippen LogP contribution in [0.25, 0.3) is 32.6 Å². The minimum absolute atomic E-state index is 0.0203. The van der Waals surface area contributed by atoms with Gasteiger partial charge in [-0.05, 0) is 60.8 Å². The number of nitrogens with two attached hydrogens (primary N) is 1. The lowest BCUT2D eigenvalue weighted by Gasteiger charge is -2.12. The summed E-state index contributed by atoms with van der Waals surface area (Å²) in [5.74, 6) is 0.659. The second kappa shape index (κ2) is 10.6. The number of anilines is 1. The summed E-state index contributed by atoms with van der Waals surface area (Å²) in [4.78, 5) is 30.1. The first-order chi connectivity index (χ1) is 18.4. The van der Waals surface area contributed by atoms with Gasteiger partial charge in [0.2, 0.25) is 0 Å². The molecule has 0 fully saturated rings. The Morgan fingerprint density at radius 2 is 1.89 bits per heavy atom. The quantitative estimate of drug-likeness (QED) is 0.146. The molecule has 5 aromatic rings. The number of pyridine rings is 2. The molecule has 0 bridgehead atoms. The average Bonchev–Trinajstić information content (AvgIpc) is 3.59. The molecule has 0 saturated heterocycles. The number of hydrogen-bond donors (Lipinski definition) is 4. The number of hydrogen-bond acceptors (Lipinski definition) is 8. The van der Waals surface area contributed by atoms with Crippen LogP contribution in [0.5, 0.6) is 0 Å². The van der Waals surface area contributed by atoms with Gasteiger partial charge in [0.05, 0.1) is 16.6 Å². The number of ketones is 1. The number of nitrogens with zero attached hydrogens (tertiary/aromatic N) is 3. The SMILES string of the molecule is CCNCc1cc(CC)cc(-c2cnc(N)c(C(=N)c3nc4c(-c5ccc(C(C)=O)s5)cncc4[nH]3)c2)c1. The summed E-state index contributed by atoms with van der Waals surface area (Å²) < 4.78 is 0. The highest BCUT2D eigenvalue weighted by molar-refractivity contribution is 7.17. The molecule has 0 saturated carbocycles. The van der Waals surface area contributed by atoms with Gasteiger partial charge in [-0.15, -0.1) is 11.3 Å². The van der Waals surface area contributed by atoms with E-state index >= 15 is 0 Å². The predicted octanol–water partition coefficient (Wildman–Crippen LogP) is 5.62. The van der Waals surface area contributed by atoms with E-state index in [0.29, 0.717) is 27.3 Å². The number of Topliss-reactive ketones (excluding diaryl/α,β-unsaturated/α-hetero) is 1. The lowest BCUT2D eigenvalue weighted by molar-refractivity contribution is 0.102. The first-order valence-corrected chi connectivity index (χ1v) is 13.3. The van der Waals surface area contributed by atoms with Gasteiger partial charge in [0.15, 0.2) is 11.6 Å². The average molecular weight is 524 g/mol. The van der Waals surface area contributed by atoms with E-state index < -0.39 is 0 Å². The van der Waals surface area contributed by atoms with Gasteiger partial charge in [-0.2, -0.15) is 0 Å². The lowest BCUT2D eigenvalue weighted by atomic mass is 9.97. The molecule has 38 heavy (non-hydrogen) atoms. The summed E-state index contributed by atoms with van der Waals surface area (Å²) in [6.07, 6.45) is 6.09. The van der Waals surface area contributed by atoms with Crippen molar-refractivity contribution in [2.45, 2.75) is 33.7 Å². The molecule has 8 nitrogen and oxygen atoms in total. The number of imidazole rings is 1. The molecule has 0 atom stereocenters. The largest absolute Gasteiger partial charge is 0.383 e. The van der Waals surface area contributed by atoms with E-state index in [1.54, 1.807) is 25.5 Å². The number of fused-ring (bicyclic) bond motifs is 1. The molecule has 0 unspecified atom stereocenters. The zero-order valence-corrected chi connectivity index (χ0v) is 22.4. The Morgan fingerprint density at radius 1 is 1.08 bits per heavy atom. The monoisotopic (exact) mass is 523 g/mol. The second-order valence-corrected chi connectivity index (χ2v) is 10.2. The van der Waals surface area contributed by atoms with E-state index in [1.807, 2.05) is 18.2 Å². The van der Waals surface area contributed by atoms with Crippen LogP contribution in [0.4, 0.5) is 5.82 Å². The number of aromatic amines is 1. The Labute approximate surface area is 224 Å². The summed E-state index contributed by atoms with van der Waals surface area (Å²) in [6, 6.07) is 12.1. The highest BCUT2D eigenvalue weighted by Crippen LogP contribution is 2.33. The van der Waals surface area contributed by atoms with Gasteiger partial charge in [0.25, 0.3) is 0 Å². The van der Waals surface area contributed by atoms with Crippen LogP contribution in [0.1, 0.15) is 53.0 Å². The summed E-state index contributed by atoms with van der Waals surface area (Å²) in [5, 5.41) is 12.4. The summed E-state index contributed by atoms with van der Waals surface area (Å²) in [6.45, 7) is 7.47. The van der Waals surface area contributed by atoms with Gasteiger partial charge in [-0.3, -0.25) is 15.2 Å². The lowest BCUT2D eigenvalue weighted by Crippen LogP contribution is -2.12. The van der Waals surface area contributed by atoms with Gasteiger partial charge in [0, 0.05) is 40.5 Å². The second-order valence-electron chi connectivity index (χ2n) is 9.09. The Balaban J connectivity index is 1.53. The number of carbonyl (C=O) groups is 1. The van der Waals surface area contributed by atoms with Crippen LogP contribution in [-0.4, -0.2) is 38.0 Å².